The van der Waals surface area contributed by atoms with Gasteiger partial charge in [-0.2, -0.15) is 0 Å². The first kappa shape index (κ1) is 19.2. The van der Waals surface area contributed by atoms with Gasteiger partial charge in [0.2, 0.25) is 5.88 Å². The summed E-state index contributed by atoms with van der Waals surface area (Å²) in [5.74, 6) is 0.282. The average Bonchev–Trinajstić information content (AvgIpc) is 2.64. The van der Waals surface area contributed by atoms with Crippen LogP contribution in [0.5, 0.6) is 11.6 Å². The highest BCUT2D eigenvalue weighted by atomic mass is 35.5. The summed E-state index contributed by atoms with van der Waals surface area (Å²) in [5, 5.41) is 0.859. The Morgan fingerprint density at radius 1 is 1.04 bits per heavy atom. The minimum absolute atomic E-state index is 0.171. The largest absolute Gasteiger partial charge is 0.437 e. The van der Waals surface area contributed by atoms with Gasteiger partial charge in [0.05, 0.1) is 5.02 Å². The molecule has 0 spiro atoms. The molecule has 0 radical (unpaired) electrons. The van der Waals surface area contributed by atoms with Gasteiger partial charge in [-0.1, -0.05) is 41.4 Å². The van der Waals surface area contributed by atoms with Gasteiger partial charge in [-0.25, -0.2) is 4.98 Å². The quantitative estimate of drug-likeness (QED) is 0.533. The number of aryl methyl sites for hydroxylation is 2. The molecule has 0 atom stereocenters. The maximum Gasteiger partial charge on any atom is 0.263 e. The molecule has 1 amide bonds. The lowest BCUT2D eigenvalue weighted by atomic mass is 10.1. The number of carbonyl (C=O) groups is 1. The zero-order valence-electron chi connectivity index (χ0n) is 15.2. The summed E-state index contributed by atoms with van der Waals surface area (Å²) in [6.45, 7) is 3.94. The predicted molar refractivity (Wildman–Crippen MR) is 109 cm³/mol. The number of aromatic nitrogens is 1. The van der Waals surface area contributed by atoms with Crippen LogP contribution in [0, 0.1) is 13.8 Å². The van der Waals surface area contributed by atoms with Gasteiger partial charge in [-0.3, -0.25) is 4.79 Å². The van der Waals surface area contributed by atoms with E-state index in [2.05, 4.69) is 4.98 Å². The van der Waals surface area contributed by atoms with Crippen molar-refractivity contribution in [3.63, 3.8) is 0 Å². The summed E-state index contributed by atoms with van der Waals surface area (Å²) < 4.78 is 5.81. The topological polar surface area (TPSA) is 42.4 Å². The lowest BCUT2D eigenvalue weighted by molar-refractivity contribution is 0.0990. The molecule has 1 aromatic heterocycles. The van der Waals surface area contributed by atoms with Crippen LogP contribution in [-0.4, -0.2) is 17.9 Å². The third kappa shape index (κ3) is 4.07. The van der Waals surface area contributed by atoms with Crippen molar-refractivity contribution in [2.45, 2.75) is 13.8 Å². The molecule has 2 aromatic carbocycles. The minimum atomic E-state index is -0.228. The van der Waals surface area contributed by atoms with Crippen molar-refractivity contribution in [1.82, 2.24) is 4.98 Å². The zero-order chi connectivity index (χ0) is 19.6. The van der Waals surface area contributed by atoms with Gasteiger partial charge in [0.1, 0.15) is 11.3 Å². The van der Waals surface area contributed by atoms with Crippen LogP contribution < -0.4 is 9.64 Å². The molecule has 1 heterocycles. The van der Waals surface area contributed by atoms with Crippen molar-refractivity contribution in [2.24, 2.45) is 0 Å². The number of pyridine rings is 1. The molecule has 0 N–H and O–H groups in total. The third-order valence-electron chi connectivity index (χ3n) is 4.18. The summed E-state index contributed by atoms with van der Waals surface area (Å²) >= 11 is 12.2. The van der Waals surface area contributed by atoms with Crippen molar-refractivity contribution in [1.29, 1.82) is 0 Å². The van der Waals surface area contributed by atoms with Crippen LogP contribution in [0.4, 0.5) is 5.69 Å². The number of nitrogens with zero attached hydrogens (tertiary/aromatic N) is 2. The van der Waals surface area contributed by atoms with Crippen molar-refractivity contribution >= 4 is 34.8 Å². The molecule has 0 saturated carbocycles. The fourth-order valence-corrected chi connectivity index (χ4v) is 3.23. The number of rotatable bonds is 4. The van der Waals surface area contributed by atoms with Crippen LogP contribution in [0.15, 0.2) is 54.7 Å². The Balaban J connectivity index is 1.98. The zero-order valence-corrected chi connectivity index (χ0v) is 16.7. The molecule has 4 nitrogen and oxygen atoms in total. The van der Waals surface area contributed by atoms with E-state index in [1.807, 2.05) is 32.0 Å². The molecule has 0 aliphatic rings. The summed E-state index contributed by atoms with van der Waals surface area (Å²) in [5.41, 5.74) is 3.21. The fraction of sp³-hybridized carbons (Fsp3) is 0.143. The predicted octanol–water partition coefficient (Wildman–Crippen LogP) is 6.07. The second-order valence-corrected chi connectivity index (χ2v) is 6.98. The second kappa shape index (κ2) is 7.99. The van der Waals surface area contributed by atoms with Gasteiger partial charge >= 0.3 is 0 Å². The Morgan fingerprint density at radius 3 is 2.44 bits per heavy atom. The number of para-hydroxylation sites is 1. The fourth-order valence-electron chi connectivity index (χ4n) is 2.91. The highest BCUT2D eigenvalue weighted by molar-refractivity contribution is 6.34. The number of anilines is 1. The number of benzene rings is 2. The van der Waals surface area contributed by atoms with Gasteiger partial charge in [-0.05, 0) is 49.2 Å². The van der Waals surface area contributed by atoms with Crippen LogP contribution in [0.3, 0.4) is 0 Å². The van der Waals surface area contributed by atoms with E-state index in [0.717, 1.165) is 16.8 Å². The molecule has 0 saturated heterocycles. The molecule has 3 rings (SSSR count). The lowest BCUT2D eigenvalue weighted by Crippen LogP contribution is -2.28. The van der Waals surface area contributed by atoms with Crippen LogP contribution in [0.1, 0.15) is 21.5 Å². The van der Waals surface area contributed by atoms with E-state index in [-0.39, 0.29) is 11.8 Å². The van der Waals surface area contributed by atoms with Crippen LogP contribution in [-0.2, 0) is 0 Å². The van der Waals surface area contributed by atoms with E-state index < -0.39 is 0 Å². The normalized spacial score (nSPS) is 10.6. The summed E-state index contributed by atoms with van der Waals surface area (Å²) in [7, 11) is 1.74. The van der Waals surface area contributed by atoms with Crippen LogP contribution >= 0.6 is 23.2 Å². The first-order valence-corrected chi connectivity index (χ1v) is 9.06. The smallest absolute Gasteiger partial charge is 0.263 e. The number of halogens is 2. The molecule has 27 heavy (non-hydrogen) atoms. The van der Waals surface area contributed by atoms with E-state index in [0.29, 0.717) is 21.4 Å². The molecule has 0 aliphatic heterocycles. The first-order valence-electron chi connectivity index (χ1n) is 8.30. The number of carbonyl (C=O) groups excluding carboxylic acids is 1. The Kier molecular flexibility index (Phi) is 5.68. The Labute approximate surface area is 168 Å². The molecule has 6 heteroatoms. The number of hydrogen-bond donors (Lipinski definition) is 0. The summed E-state index contributed by atoms with van der Waals surface area (Å²) in [4.78, 5) is 19.0. The molecular weight excluding hydrogens is 383 g/mol. The molecule has 0 fully saturated rings. The summed E-state index contributed by atoms with van der Waals surface area (Å²) in [6, 6.07) is 14.2. The monoisotopic (exact) mass is 400 g/mol. The lowest BCUT2D eigenvalue weighted by Gasteiger charge is -2.22. The average molecular weight is 401 g/mol. The maximum absolute atomic E-state index is 13.2. The van der Waals surface area contributed by atoms with Gasteiger partial charge < -0.3 is 9.64 Å². The van der Waals surface area contributed by atoms with Gasteiger partial charge in [0, 0.05) is 30.0 Å². The molecule has 0 unspecified atom stereocenters. The minimum Gasteiger partial charge on any atom is -0.437 e. The van der Waals surface area contributed by atoms with Crippen LogP contribution in [0.2, 0.25) is 10.0 Å². The molecule has 138 valence electrons. The molecular formula is C21H18Cl2N2O2. The number of amides is 1. The number of ether oxygens (including phenoxy) is 1. The van der Waals surface area contributed by atoms with Crippen LogP contribution in [0.25, 0.3) is 0 Å². The van der Waals surface area contributed by atoms with Gasteiger partial charge in [0.25, 0.3) is 5.91 Å². The van der Waals surface area contributed by atoms with Gasteiger partial charge in [0.15, 0.2) is 0 Å². The summed E-state index contributed by atoms with van der Waals surface area (Å²) in [6.07, 6.45) is 1.56. The van der Waals surface area contributed by atoms with Crippen molar-refractivity contribution in [3.05, 3.63) is 81.5 Å². The molecule has 0 aliphatic carbocycles. The van der Waals surface area contributed by atoms with E-state index >= 15 is 0 Å². The van der Waals surface area contributed by atoms with E-state index in [4.69, 9.17) is 27.9 Å². The highest BCUT2D eigenvalue weighted by Gasteiger charge is 2.22. The Hall–Kier alpha value is -2.56. The SMILES string of the molecule is Cc1cccc(C)c1N(C)C(=O)c1cccnc1Oc1cc(Cl)ccc1Cl. The van der Waals surface area contributed by atoms with Crippen molar-refractivity contribution < 1.29 is 9.53 Å². The second-order valence-electron chi connectivity index (χ2n) is 6.14. The van der Waals surface area contributed by atoms with Crippen molar-refractivity contribution in [2.75, 3.05) is 11.9 Å². The maximum atomic E-state index is 13.2. The first-order chi connectivity index (χ1) is 12.9. The standard InChI is InChI=1S/C21H18Cl2N2O2/c1-13-6-4-7-14(2)19(13)25(3)21(26)16-8-5-11-24-20(16)27-18-12-15(22)9-10-17(18)23/h4-12H,1-3H3. The number of hydrogen-bond acceptors (Lipinski definition) is 3. The molecule has 0 bridgehead atoms. The highest BCUT2D eigenvalue weighted by Crippen LogP contribution is 2.33. The van der Waals surface area contributed by atoms with E-state index in [1.54, 1.807) is 48.5 Å². The Morgan fingerprint density at radius 2 is 1.74 bits per heavy atom. The van der Waals surface area contributed by atoms with E-state index in [9.17, 15) is 4.79 Å². The third-order valence-corrected chi connectivity index (χ3v) is 4.73. The van der Waals surface area contributed by atoms with E-state index in [1.165, 1.54) is 0 Å². The van der Waals surface area contributed by atoms with Crippen molar-refractivity contribution in [3.8, 4) is 11.6 Å². The molecule has 3 aromatic rings. The Bertz CT molecular complexity index is 985. The van der Waals surface area contributed by atoms with Gasteiger partial charge in [-0.15, -0.1) is 0 Å².